The summed E-state index contributed by atoms with van der Waals surface area (Å²) >= 11 is 0. The Hall–Kier alpha value is 0.137. The van der Waals surface area contributed by atoms with E-state index in [0.717, 1.165) is 12.7 Å². The van der Waals surface area contributed by atoms with Gasteiger partial charge in [-0.25, -0.2) is 0 Å². The van der Waals surface area contributed by atoms with Crippen LogP contribution >= 0.6 is 0 Å². The molecule has 1 heterocycles. The Labute approximate surface area is 63.9 Å². The van der Waals surface area contributed by atoms with Gasteiger partial charge in [0, 0.05) is 6.61 Å². The molecule has 1 aliphatic heterocycles. The predicted octanol–water partition coefficient (Wildman–Crippen LogP) is 1.10. The van der Waals surface area contributed by atoms with Crippen molar-refractivity contribution in [3.05, 3.63) is 0 Å². The second-order valence-electron chi connectivity index (χ2n) is 3.29. The molecule has 0 spiro atoms. The van der Waals surface area contributed by atoms with E-state index in [1.165, 1.54) is 12.8 Å². The van der Waals surface area contributed by atoms with E-state index in [2.05, 4.69) is 0 Å². The van der Waals surface area contributed by atoms with Gasteiger partial charge in [0.05, 0.1) is 5.22 Å². The SMILES string of the molecule is CC(C)(O)[Si]1CCCCO1. The van der Waals surface area contributed by atoms with E-state index in [1.807, 2.05) is 13.8 Å². The normalized spacial score (nSPS) is 23.1. The Morgan fingerprint density at radius 1 is 1.40 bits per heavy atom. The molecular weight excluding hydrogens is 144 g/mol. The van der Waals surface area contributed by atoms with Gasteiger partial charge in [-0.05, 0) is 26.3 Å². The molecule has 0 aromatic heterocycles. The predicted molar refractivity (Wildman–Crippen MR) is 42.0 cm³/mol. The highest BCUT2D eigenvalue weighted by Gasteiger charge is 2.32. The fourth-order valence-electron chi connectivity index (χ4n) is 1.14. The minimum atomic E-state index is -0.908. The zero-order chi connectivity index (χ0) is 7.61. The highest BCUT2D eigenvalue weighted by Crippen LogP contribution is 2.19. The summed E-state index contributed by atoms with van der Waals surface area (Å²) in [7, 11) is -0.908. The zero-order valence-electron chi connectivity index (χ0n) is 6.68. The maximum Gasteiger partial charge on any atom is 0.244 e. The van der Waals surface area contributed by atoms with Crippen molar-refractivity contribution in [2.75, 3.05) is 6.61 Å². The molecule has 1 saturated heterocycles. The number of hydrogen-bond donors (Lipinski definition) is 1. The van der Waals surface area contributed by atoms with Crippen LogP contribution in [-0.2, 0) is 4.43 Å². The lowest BCUT2D eigenvalue weighted by Gasteiger charge is -2.29. The Bertz CT molecular complexity index is 103. The third-order valence-electron chi connectivity index (χ3n) is 1.76. The second kappa shape index (κ2) is 3.03. The summed E-state index contributed by atoms with van der Waals surface area (Å²) in [6.45, 7) is 4.57. The Morgan fingerprint density at radius 2 is 2.10 bits per heavy atom. The molecule has 0 aliphatic carbocycles. The molecule has 1 radical (unpaired) electrons. The number of hydrogen-bond acceptors (Lipinski definition) is 2. The first-order chi connectivity index (χ1) is 4.61. The minimum absolute atomic E-state index is 0.551. The fourth-order valence-corrected chi connectivity index (χ4v) is 3.21. The van der Waals surface area contributed by atoms with E-state index in [1.54, 1.807) is 0 Å². The first-order valence-corrected chi connectivity index (χ1v) is 5.44. The Kier molecular flexibility index (Phi) is 2.49. The maximum atomic E-state index is 9.56. The molecule has 0 atom stereocenters. The van der Waals surface area contributed by atoms with E-state index in [-0.39, 0.29) is 0 Å². The number of rotatable bonds is 1. The van der Waals surface area contributed by atoms with Crippen LogP contribution in [0.5, 0.6) is 0 Å². The van der Waals surface area contributed by atoms with Crippen molar-refractivity contribution < 1.29 is 9.53 Å². The van der Waals surface area contributed by atoms with Crippen LogP contribution in [0.15, 0.2) is 0 Å². The standard InChI is InChI=1S/C7H15O2Si/c1-7(2,8)10-6-4-3-5-9-10/h8H,3-6H2,1-2H3. The van der Waals surface area contributed by atoms with Crippen molar-refractivity contribution in [3.63, 3.8) is 0 Å². The molecule has 0 unspecified atom stereocenters. The summed E-state index contributed by atoms with van der Waals surface area (Å²) in [5.41, 5.74) is 0. The minimum Gasteiger partial charge on any atom is -0.414 e. The second-order valence-corrected chi connectivity index (χ2v) is 6.15. The van der Waals surface area contributed by atoms with E-state index < -0.39 is 14.3 Å². The summed E-state index contributed by atoms with van der Waals surface area (Å²) in [4.78, 5) is 0. The Balaban J connectivity index is 2.39. The van der Waals surface area contributed by atoms with Crippen molar-refractivity contribution in [3.8, 4) is 0 Å². The highest BCUT2D eigenvalue weighted by molar-refractivity contribution is 6.55. The van der Waals surface area contributed by atoms with Crippen LogP contribution in [0.3, 0.4) is 0 Å². The molecule has 1 rings (SSSR count). The van der Waals surface area contributed by atoms with Gasteiger partial charge in [0.15, 0.2) is 0 Å². The van der Waals surface area contributed by atoms with E-state index >= 15 is 0 Å². The maximum absolute atomic E-state index is 9.56. The monoisotopic (exact) mass is 159 g/mol. The van der Waals surface area contributed by atoms with Crippen molar-refractivity contribution in [1.82, 2.24) is 0 Å². The molecule has 0 amide bonds. The van der Waals surface area contributed by atoms with Gasteiger partial charge in [0.1, 0.15) is 0 Å². The third-order valence-corrected chi connectivity index (χ3v) is 4.48. The van der Waals surface area contributed by atoms with Crippen LogP contribution in [0.2, 0.25) is 6.04 Å². The van der Waals surface area contributed by atoms with Crippen molar-refractivity contribution >= 4 is 9.04 Å². The van der Waals surface area contributed by atoms with Crippen LogP contribution in [0.25, 0.3) is 0 Å². The zero-order valence-corrected chi connectivity index (χ0v) is 7.68. The van der Waals surface area contributed by atoms with Gasteiger partial charge in [0.2, 0.25) is 9.04 Å². The molecular formula is C7H15O2Si. The highest BCUT2D eigenvalue weighted by atomic mass is 28.3. The van der Waals surface area contributed by atoms with Crippen LogP contribution in [0.4, 0.5) is 0 Å². The lowest BCUT2D eigenvalue weighted by atomic mass is 10.4. The largest absolute Gasteiger partial charge is 0.414 e. The van der Waals surface area contributed by atoms with Crippen molar-refractivity contribution in [2.45, 2.75) is 38.0 Å². The van der Waals surface area contributed by atoms with E-state index in [4.69, 9.17) is 4.43 Å². The van der Waals surface area contributed by atoms with Crippen LogP contribution in [-0.4, -0.2) is 26.0 Å². The molecule has 1 fully saturated rings. The molecule has 3 heteroatoms. The van der Waals surface area contributed by atoms with Crippen molar-refractivity contribution in [2.24, 2.45) is 0 Å². The lowest BCUT2D eigenvalue weighted by molar-refractivity contribution is 0.122. The van der Waals surface area contributed by atoms with Crippen molar-refractivity contribution in [1.29, 1.82) is 0 Å². The first kappa shape index (κ1) is 8.24. The van der Waals surface area contributed by atoms with E-state index in [9.17, 15) is 5.11 Å². The van der Waals surface area contributed by atoms with Crippen LogP contribution in [0.1, 0.15) is 26.7 Å². The summed E-state index contributed by atoms with van der Waals surface area (Å²) in [6.07, 6.45) is 2.41. The van der Waals surface area contributed by atoms with E-state index in [0.29, 0.717) is 0 Å². The molecule has 0 aromatic rings. The fraction of sp³-hybridized carbons (Fsp3) is 1.00. The van der Waals surface area contributed by atoms with Gasteiger partial charge in [0.25, 0.3) is 0 Å². The molecule has 59 valence electrons. The summed E-state index contributed by atoms with van der Waals surface area (Å²) in [5, 5.41) is 9.01. The molecule has 2 nitrogen and oxygen atoms in total. The van der Waals surface area contributed by atoms with Gasteiger partial charge in [-0.1, -0.05) is 6.42 Å². The Morgan fingerprint density at radius 3 is 2.40 bits per heavy atom. The summed E-state index contributed by atoms with van der Waals surface area (Å²) < 4.78 is 5.49. The lowest BCUT2D eigenvalue weighted by Crippen LogP contribution is -2.44. The average molecular weight is 159 g/mol. The smallest absolute Gasteiger partial charge is 0.244 e. The van der Waals surface area contributed by atoms with Crippen LogP contribution < -0.4 is 0 Å². The van der Waals surface area contributed by atoms with Gasteiger partial charge in [-0.15, -0.1) is 0 Å². The quantitative estimate of drug-likeness (QED) is 0.581. The van der Waals surface area contributed by atoms with Gasteiger partial charge < -0.3 is 9.53 Å². The topological polar surface area (TPSA) is 29.5 Å². The van der Waals surface area contributed by atoms with Crippen LogP contribution in [0, 0.1) is 0 Å². The number of aliphatic hydroxyl groups is 1. The summed E-state index contributed by atoms with van der Waals surface area (Å²) in [5.74, 6) is 0. The average Bonchev–Trinajstić information content (AvgIpc) is 1.88. The van der Waals surface area contributed by atoms with Gasteiger partial charge in [-0.2, -0.15) is 0 Å². The third kappa shape index (κ3) is 2.07. The van der Waals surface area contributed by atoms with Gasteiger partial charge in [-0.3, -0.25) is 0 Å². The van der Waals surface area contributed by atoms with Gasteiger partial charge >= 0.3 is 0 Å². The molecule has 0 aromatic carbocycles. The molecule has 1 N–H and O–H groups in total. The first-order valence-electron chi connectivity index (χ1n) is 3.82. The molecule has 0 saturated carbocycles. The summed E-state index contributed by atoms with van der Waals surface area (Å²) in [6, 6.07) is 1.11. The molecule has 10 heavy (non-hydrogen) atoms. The molecule has 0 bridgehead atoms. The molecule has 1 aliphatic rings.